The summed E-state index contributed by atoms with van der Waals surface area (Å²) in [6.45, 7) is 7.40. The number of likely N-dealkylation sites (tertiary alicyclic amines) is 1. The minimum absolute atomic E-state index is 0.906. The van der Waals surface area contributed by atoms with E-state index in [4.69, 9.17) is 0 Å². The van der Waals surface area contributed by atoms with Crippen LogP contribution in [-0.2, 0) is 0 Å². The Bertz CT molecular complexity index is 320. The Morgan fingerprint density at radius 2 is 0.767 bits per heavy atom. The summed E-state index contributed by atoms with van der Waals surface area (Å²) in [5, 5.41) is 0. The van der Waals surface area contributed by atoms with Gasteiger partial charge in [0.15, 0.2) is 0 Å². The Kier molecular flexibility index (Phi) is 20.7. The van der Waals surface area contributed by atoms with E-state index >= 15 is 0 Å². The minimum Gasteiger partial charge on any atom is -0.300 e. The Morgan fingerprint density at radius 3 is 1.13 bits per heavy atom. The van der Waals surface area contributed by atoms with Crippen molar-refractivity contribution in [1.82, 2.24) is 4.90 Å². The van der Waals surface area contributed by atoms with E-state index in [1.165, 1.54) is 167 Å². The maximum atomic E-state index is 2.88. The van der Waals surface area contributed by atoms with E-state index in [1.54, 1.807) is 0 Å². The fourth-order valence-corrected chi connectivity index (χ4v) is 5.35. The Balaban J connectivity index is 2.06. The fraction of sp³-hybridized carbons (Fsp3) is 1.00. The van der Waals surface area contributed by atoms with E-state index in [9.17, 15) is 0 Å². The maximum Gasteiger partial charge on any atom is 0.00952 e. The molecule has 0 bridgehead atoms. The fourth-order valence-electron chi connectivity index (χ4n) is 5.35. The van der Waals surface area contributed by atoms with Crippen LogP contribution in [0, 0.1) is 0 Å². The molecule has 1 aliphatic heterocycles. The highest BCUT2D eigenvalue weighted by Gasteiger charge is 2.19. The van der Waals surface area contributed by atoms with Crippen molar-refractivity contribution in [3.8, 4) is 0 Å². The number of piperidine rings is 1. The zero-order chi connectivity index (χ0) is 21.5. The van der Waals surface area contributed by atoms with Crippen LogP contribution < -0.4 is 0 Å². The molecule has 0 amide bonds. The summed E-state index contributed by atoms with van der Waals surface area (Å²) in [5.74, 6) is 0. The molecule has 1 nitrogen and oxygen atoms in total. The summed E-state index contributed by atoms with van der Waals surface area (Å²) in [6.07, 6.45) is 35.1. The third-order valence-electron chi connectivity index (χ3n) is 7.44. The molecule has 0 radical (unpaired) electrons. The first-order chi connectivity index (χ1) is 14.9. The van der Waals surface area contributed by atoms with E-state index in [0.717, 1.165) is 6.04 Å². The van der Waals surface area contributed by atoms with Gasteiger partial charge in [0.1, 0.15) is 0 Å². The Labute approximate surface area is 192 Å². The van der Waals surface area contributed by atoms with Gasteiger partial charge in [-0.05, 0) is 38.8 Å². The second kappa shape index (κ2) is 22.2. The molecule has 0 spiro atoms. The lowest BCUT2D eigenvalue weighted by atomic mass is 9.96. The molecule has 0 aromatic carbocycles. The third-order valence-corrected chi connectivity index (χ3v) is 7.44. The lowest BCUT2D eigenvalue weighted by Gasteiger charge is -2.35. The normalized spacial score (nSPS) is 16.2. The number of hydrogen-bond donors (Lipinski definition) is 0. The summed E-state index contributed by atoms with van der Waals surface area (Å²) in [7, 11) is 0. The average molecular weight is 422 g/mol. The topological polar surface area (TPSA) is 3.24 Å². The molecular formula is C29H59N. The smallest absolute Gasteiger partial charge is 0.00952 e. The molecule has 1 heteroatoms. The van der Waals surface area contributed by atoms with Gasteiger partial charge in [-0.2, -0.15) is 0 Å². The Hall–Kier alpha value is -0.0400. The molecule has 1 unspecified atom stereocenters. The van der Waals surface area contributed by atoms with Crippen LogP contribution in [0.1, 0.15) is 168 Å². The molecule has 0 aliphatic carbocycles. The molecule has 1 aliphatic rings. The maximum absolute atomic E-state index is 2.88. The van der Waals surface area contributed by atoms with Crippen LogP contribution >= 0.6 is 0 Å². The number of nitrogens with zero attached hydrogens (tertiary/aromatic N) is 1. The predicted octanol–water partition coefficient (Wildman–Crippen LogP) is 10.1. The van der Waals surface area contributed by atoms with Gasteiger partial charge in [0.05, 0.1) is 0 Å². The van der Waals surface area contributed by atoms with Crippen LogP contribution in [0.3, 0.4) is 0 Å². The third kappa shape index (κ3) is 16.6. The SMILES string of the molecule is CCCCCCCCCCCCC(CCCCCCCCCCC)N1CCCCC1. The molecule has 1 saturated heterocycles. The highest BCUT2D eigenvalue weighted by Crippen LogP contribution is 2.22. The zero-order valence-corrected chi connectivity index (χ0v) is 21.4. The van der Waals surface area contributed by atoms with Crippen molar-refractivity contribution in [2.45, 2.75) is 174 Å². The van der Waals surface area contributed by atoms with Gasteiger partial charge in [-0.25, -0.2) is 0 Å². The molecule has 0 saturated carbocycles. The van der Waals surface area contributed by atoms with Crippen LogP contribution in [0.25, 0.3) is 0 Å². The van der Waals surface area contributed by atoms with E-state index in [0.29, 0.717) is 0 Å². The molecule has 30 heavy (non-hydrogen) atoms. The van der Waals surface area contributed by atoms with Crippen LogP contribution in [0.5, 0.6) is 0 Å². The number of hydrogen-bond acceptors (Lipinski definition) is 1. The van der Waals surface area contributed by atoms with E-state index < -0.39 is 0 Å². The van der Waals surface area contributed by atoms with Crippen LogP contribution in [0.15, 0.2) is 0 Å². The van der Waals surface area contributed by atoms with Crippen molar-refractivity contribution in [3.63, 3.8) is 0 Å². The Morgan fingerprint density at radius 1 is 0.433 bits per heavy atom. The van der Waals surface area contributed by atoms with Gasteiger partial charge in [-0.15, -0.1) is 0 Å². The molecule has 0 N–H and O–H groups in total. The highest BCUT2D eigenvalue weighted by atomic mass is 15.2. The molecule has 1 heterocycles. The first kappa shape index (κ1) is 28.0. The molecule has 1 rings (SSSR count). The van der Waals surface area contributed by atoms with Gasteiger partial charge in [0.2, 0.25) is 0 Å². The van der Waals surface area contributed by atoms with Gasteiger partial charge < -0.3 is 4.90 Å². The van der Waals surface area contributed by atoms with Crippen LogP contribution in [0.4, 0.5) is 0 Å². The van der Waals surface area contributed by atoms with Crippen molar-refractivity contribution >= 4 is 0 Å². The first-order valence-corrected chi connectivity index (χ1v) is 14.6. The van der Waals surface area contributed by atoms with Gasteiger partial charge in [-0.3, -0.25) is 0 Å². The predicted molar refractivity (Wildman–Crippen MR) is 138 cm³/mol. The number of rotatable bonds is 22. The minimum atomic E-state index is 0.906. The summed E-state index contributed by atoms with van der Waals surface area (Å²) < 4.78 is 0. The van der Waals surface area contributed by atoms with Crippen LogP contribution in [0.2, 0.25) is 0 Å². The molecule has 0 aromatic rings. The van der Waals surface area contributed by atoms with Crippen molar-refractivity contribution in [1.29, 1.82) is 0 Å². The average Bonchev–Trinajstić information content (AvgIpc) is 2.78. The van der Waals surface area contributed by atoms with Gasteiger partial charge in [-0.1, -0.05) is 142 Å². The second-order valence-electron chi connectivity index (χ2n) is 10.3. The van der Waals surface area contributed by atoms with Gasteiger partial charge in [0, 0.05) is 6.04 Å². The summed E-state index contributed by atoms with van der Waals surface area (Å²) in [4.78, 5) is 2.88. The molecular weight excluding hydrogens is 362 g/mol. The standard InChI is InChI=1S/C29H59N/c1-3-5-7-9-11-13-15-17-19-22-26-29(30-27-23-20-24-28-30)25-21-18-16-14-12-10-8-6-4-2/h29H,3-28H2,1-2H3. The van der Waals surface area contributed by atoms with E-state index in [1.807, 2.05) is 0 Å². The first-order valence-electron chi connectivity index (χ1n) is 14.6. The number of unbranched alkanes of at least 4 members (excludes halogenated alkanes) is 17. The van der Waals surface area contributed by atoms with E-state index in [-0.39, 0.29) is 0 Å². The van der Waals surface area contributed by atoms with Gasteiger partial charge >= 0.3 is 0 Å². The van der Waals surface area contributed by atoms with Crippen molar-refractivity contribution in [2.75, 3.05) is 13.1 Å². The summed E-state index contributed by atoms with van der Waals surface area (Å²) in [6, 6.07) is 0.906. The second-order valence-corrected chi connectivity index (χ2v) is 10.3. The lowest BCUT2D eigenvalue weighted by Crippen LogP contribution is -2.39. The zero-order valence-electron chi connectivity index (χ0n) is 21.4. The van der Waals surface area contributed by atoms with Crippen molar-refractivity contribution in [3.05, 3.63) is 0 Å². The lowest BCUT2D eigenvalue weighted by molar-refractivity contribution is 0.142. The molecule has 180 valence electrons. The largest absolute Gasteiger partial charge is 0.300 e. The summed E-state index contributed by atoms with van der Waals surface area (Å²) in [5.41, 5.74) is 0. The monoisotopic (exact) mass is 421 g/mol. The van der Waals surface area contributed by atoms with Crippen molar-refractivity contribution < 1.29 is 0 Å². The summed E-state index contributed by atoms with van der Waals surface area (Å²) >= 11 is 0. The molecule has 1 fully saturated rings. The van der Waals surface area contributed by atoms with E-state index in [2.05, 4.69) is 18.7 Å². The molecule has 1 atom stereocenters. The van der Waals surface area contributed by atoms with Crippen LogP contribution in [-0.4, -0.2) is 24.0 Å². The molecule has 0 aromatic heterocycles. The van der Waals surface area contributed by atoms with Gasteiger partial charge in [0.25, 0.3) is 0 Å². The quantitative estimate of drug-likeness (QED) is 0.157. The van der Waals surface area contributed by atoms with Crippen molar-refractivity contribution in [2.24, 2.45) is 0 Å². The highest BCUT2D eigenvalue weighted by molar-refractivity contribution is 4.75.